The molecule has 10 heavy (non-hydrogen) atoms. The van der Waals surface area contributed by atoms with Gasteiger partial charge in [-0.05, 0) is 12.8 Å². The van der Waals surface area contributed by atoms with Gasteiger partial charge in [-0.2, -0.15) is 0 Å². The van der Waals surface area contributed by atoms with Gasteiger partial charge in [-0.3, -0.25) is 0 Å². The minimum Gasteiger partial charge on any atom is -0.300 e. The van der Waals surface area contributed by atoms with Gasteiger partial charge in [0, 0.05) is 6.42 Å². The molecule has 1 nitrogen and oxygen atoms in total. The molecular formula is C9H18O. The molecule has 0 N–H and O–H groups in total. The predicted molar refractivity (Wildman–Crippen MR) is 44.0 cm³/mol. The molecule has 0 saturated heterocycles. The summed E-state index contributed by atoms with van der Waals surface area (Å²) in [5, 5.41) is 0. The van der Waals surface area contributed by atoms with Crippen LogP contribution in [0.2, 0.25) is 0 Å². The summed E-state index contributed by atoms with van der Waals surface area (Å²) in [5.41, 5.74) is 0. The van der Waals surface area contributed by atoms with Gasteiger partial charge in [-0.1, -0.05) is 33.1 Å². The fourth-order valence-electron chi connectivity index (χ4n) is 1.15. The van der Waals surface area contributed by atoms with E-state index in [1.54, 1.807) is 6.92 Å². The Morgan fingerprint density at radius 2 is 2.10 bits per heavy atom. The highest BCUT2D eigenvalue weighted by Gasteiger charge is 2.03. The standard InChI is InChI=1S/C9H18O/c1-4-5-6-8(2)7-9(3)10/h8H,4-7H2,1-3H3. The van der Waals surface area contributed by atoms with Gasteiger partial charge in [0.1, 0.15) is 5.78 Å². The lowest BCUT2D eigenvalue weighted by Gasteiger charge is -2.06. The Bertz CT molecular complexity index is 96.9. The average molecular weight is 142 g/mol. The van der Waals surface area contributed by atoms with Crippen molar-refractivity contribution in [2.45, 2.75) is 46.5 Å². The molecule has 1 unspecified atom stereocenters. The summed E-state index contributed by atoms with van der Waals surface area (Å²) >= 11 is 0. The van der Waals surface area contributed by atoms with Gasteiger partial charge in [0.05, 0.1) is 0 Å². The van der Waals surface area contributed by atoms with Crippen LogP contribution in [-0.2, 0) is 4.79 Å². The molecule has 0 bridgehead atoms. The highest BCUT2D eigenvalue weighted by Crippen LogP contribution is 2.11. The van der Waals surface area contributed by atoms with Crippen molar-refractivity contribution >= 4 is 5.78 Å². The molecule has 0 aliphatic rings. The fraction of sp³-hybridized carbons (Fsp3) is 0.889. The molecule has 1 heteroatoms. The molecule has 0 heterocycles. The van der Waals surface area contributed by atoms with Crippen molar-refractivity contribution in [3.63, 3.8) is 0 Å². The van der Waals surface area contributed by atoms with E-state index < -0.39 is 0 Å². The lowest BCUT2D eigenvalue weighted by molar-refractivity contribution is -0.117. The van der Waals surface area contributed by atoms with Crippen molar-refractivity contribution in [2.24, 2.45) is 5.92 Å². The van der Waals surface area contributed by atoms with Crippen LogP contribution < -0.4 is 0 Å². The number of carbonyl (C=O) groups is 1. The molecular weight excluding hydrogens is 124 g/mol. The van der Waals surface area contributed by atoms with Crippen molar-refractivity contribution in [2.75, 3.05) is 0 Å². The monoisotopic (exact) mass is 142 g/mol. The molecule has 1 atom stereocenters. The first-order chi connectivity index (χ1) is 4.66. The number of hydrogen-bond donors (Lipinski definition) is 0. The van der Waals surface area contributed by atoms with E-state index in [9.17, 15) is 4.79 Å². The molecule has 0 fully saturated rings. The van der Waals surface area contributed by atoms with Gasteiger partial charge in [0.2, 0.25) is 0 Å². The molecule has 0 radical (unpaired) electrons. The van der Waals surface area contributed by atoms with E-state index in [1.807, 2.05) is 0 Å². The summed E-state index contributed by atoms with van der Waals surface area (Å²) in [7, 11) is 0. The summed E-state index contributed by atoms with van der Waals surface area (Å²) in [5.74, 6) is 0.918. The molecule has 0 spiro atoms. The van der Waals surface area contributed by atoms with E-state index in [0.29, 0.717) is 11.7 Å². The molecule has 60 valence electrons. The van der Waals surface area contributed by atoms with Gasteiger partial charge in [0.25, 0.3) is 0 Å². The third-order valence-electron chi connectivity index (χ3n) is 1.69. The molecule has 0 aromatic rings. The second kappa shape index (κ2) is 5.45. The Kier molecular flexibility index (Phi) is 5.27. The normalized spacial score (nSPS) is 13.1. The lowest BCUT2D eigenvalue weighted by atomic mass is 9.99. The van der Waals surface area contributed by atoms with Gasteiger partial charge in [0.15, 0.2) is 0 Å². The van der Waals surface area contributed by atoms with E-state index >= 15 is 0 Å². The fourth-order valence-corrected chi connectivity index (χ4v) is 1.15. The molecule has 0 aromatic carbocycles. The summed E-state index contributed by atoms with van der Waals surface area (Å²) in [4.78, 5) is 10.6. The molecule has 0 aliphatic heterocycles. The third-order valence-corrected chi connectivity index (χ3v) is 1.69. The molecule has 0 amide bonds. The first kappa shape index (κ1) is 9.67. The van der Waals surface area contributed by atoms with Crippen molar-refractivity contribution in [1.82, 2.24) is 0 Å². The Labute approximate surface area is 63.8 Å². The van der Waals surface area contributed by atoms with Crippen molar-refractivity contribution in [1.29, 1.82) is 0 Å². The smallest absolute Gasteiger partial charge is 0.130 e. The van der Waals surface area contributed by atoms with Crippen molar-refractivity contribution in [3.05, 3.63) is 0 Å². The van der Waals surface area contributed by atoms with Crippen LogP contribution in [0, 0.1) is 5.92 Å². The largest absolute Gasteiger partial charge is 0.300 e. The molecule has 0 saturated carbocycles. The van der Waals surface area contributed by atoms with E-state index in [2.05, 4.69) is 13.8 Å². The number of Topliss-reactive ketones (excluding diaryl/α,β-unsaturated/α-hetero) is 1. The Hall–Kier alpha value is -0.330. The van der Waals surface area contributed by atoms with Crippen molar-refractivity contribution in [3.8, 4) is 0 Å². The lowest BCUT2D eigenvalue weighted by Crippen LogP contribution is -2.00. The van der Waals surface area contributed by atoms with E-state index in [1.165, 1.54) is 19.3 Å². The number of carbonyl (C=O) groups excluding carboxylic acids is 1. The maximum Gasteiger partial charge on any atom is 0.130 e. The Morgan fingerprint density at radius 1 is 1.50 bits per heavy atom. The second-order valence-electron chi connectivity index (χ2n) is 3.15. The average Bonchev–Trinajstić information content (AvgIpc) is 1.82. The van der Waals surface area contributed by atoms with Gasteiger partial charge < -0.3 is 4.79 Å². The van der Waals surface area contributed by atoms with Crippen LogP contribution in [0.25, 0.3) is 0 Å². The van der Waals surface area contributed by atoms with Crippen LogP contribution in [0.15, 0.2) is 0 Å². The van der Waals surface area contributed by atoms with Crippen LogP contribution in [-0.4, -0.2) is 5.78 Å². The number of ketones is 1. The predicted octanol–water partition coefficient (Wildman–Crippen LogP) is 2.79. The highest BCUT2D eigenvalue weighted by atomic mass is 16.1. The van der Waals surface area contributed by atoms with Crippen LogP contribution in [0.3, 0.4) is 0 Å². The van der Waals surface area contributed by atoms with Gasteiger partial charge >= 0.3 is 0 Å². The highest BCUT2D eigenvalue weighted by molar-refractivity contribution is 5.75. The summed E-state index contributed by atoms with van der Waals surface area (Å²) < 4.78 is 0. The molecule has 0 aromatic heterocycles. The Morgan fingerprint density at radius 3 is 2.50 bits per heavy atom. The number of rotatable bonds is 5. The van der Waals surface area contributed by atoms with E-state index in [0.717, 1.165) is 6.42 Å². The van der Waals surface area contributed by atoms with Crippen LogP contribution in [0.5, 0.6) is 0 Å². The van der Waals surface area contributed by atoms with Gasteiger partial charge in [-0.25, -0.2) is 0 Å². The first-order valence-corrected chi connectivity index (χ1v) is 4.16. The summed E-state index contributed by atoms with van der Waals surface area (Å²) in [6.07, 6.45) is 4.47. The Balaban J connectivity index is 3.25. The summed E-state index contributed by atoms with van der Waals surface area (Å²) in [6, 6.07) is 0. The second-order valence-corrected chi connectivity index (χ2v) is 3.15. The molecule has 0 aliphatic carbocycles. The van der Waals surface area contributed by atoms with Gasteiger partial charge in [-0.15, -0.1) is 0 Å². The zero-order valence-electron chi connectivity index (χ0n) is 7.31. The minimum atomic E-state index is 0.323. The minimum absolute atomic E-state index is 0.323. The maximum absolute atomic E-state index is 10.6. The SMILES string of the molecule is CCCCC(C)CC(C)=O. The topological polar surface area (TPSA) is 17.1 Å². The summed E-state index contributed by atoms with van der Waals surface area (Å²) in [6.45, 7) is 6.00. The van der Waals surface area contributed by atoms with Crippen molar-refractivity contribution < 1.29 is 4.79 Å². The zero-order valence-corrected chi connectivity index (χ0v) is 7.31. The zero-order chi connectivity index (χ0) is 7.98. The number of unbranched alkanes of at least 4 members (excludes halogenated alkanes) is 1. The maximum atomic E-state index is 10.6. The number of hydrogen-bond acceptors (Lipinski definition) is 1. The molecule has 0 rings (SSSR count). The third kappa shape index (κ3) is 5.80. The van der Waals surface area contributed by atoms with E-state index in [4.69, 9.17) is 0 Å². The van der Waals surface area contributed by atoms with Crippen LogP contribution in [0.1, 0.15) is 46.5 Å². The van der Waals surface area contributed by atoms with E-state index in [-0.39, 0.29) is 0 Å². The van der Waals surface area contributed by atoms with Crippen LogP contribution >= 0.6 is 0 Å². The first-order valence-electron chi connectivity index (χ1n) is 4.16. The van der Waals surface area contributed by atoms with Crippen LogP contribution in [0.4, 0.5) is 0 Å². The quantitative estimate of drug-likeness (QED) is 0.577.